The number of nitrogens with zero attached hydrogens (tertiary/aromatic N) is 4. The van der Waals surface area contributed by atoms with Gasteiger partial charge in [0.1, 0.15) is 23.9 Å². The van der Waals surface area contributed by atoms with Crippen molar-refractivity contribution in [2.24, 2.45) is 0 Å². The van der Waals surface area contributed by atoms with Crippen LogP contribution in [0, 0.1) is 0 Å². The zero-order valence-electron chi connectivity index (χ0n) is 20.0. The summed E-state index contributed by atoms with van der Waals surface area (Å²) in [6.07, 6.45) is 5.23. The number of pyridine rings is 1. The number of fused-ring (bicyclic) bond motifs is 1. The first-order chi connectivity index (χ1) is 16.3. The molecule has 0 spiro atoms. The van der Waals surface area contributed by atoms with Crippen LogP contribution >= 0.6 is 0 Å². The maximum absolute atomic E-state index is 11.9. The van der Waals surface area contributed by atoms with Gasteiger partial charge in [0.05, 0.1) is 12.3 Å². The van der Waals surface area contributed by atoms with Crippen molar-refractivity contribution in [2.45, 2.75) is 39.3 Å². The molecule has 3 aromatic heterocycles. The molecular formula is C25H30N4O4Si. The third-order valence-corrected chi connectivity index (χ3v) is 6.93. The summed E-state index contributed by atoms with van der Waals surface area (Å²) in [6, 6.07) is 14.5. The van der Waals surface area contributed by atoms with Crippen LogP contribution in [0.2, 0.25) is 25.7 Å². The van der Waals surface area contributed by atoms with E-state index in [4.69, 9.17) is 14.2 Å². The Bertz CT molecular complexity index is 1260. The third kappa shape index (κ3) is 5.92. The van der Waals surface area contributed by atoms with Crippen LogP contribution in [0.4, 0.5) is 0 Å². The van der Waals surface area contributed by atoms with Crippen molar-refractivity contribution in [2.75, 3.05) is 13.2 Å². The van der Waals surface area contributed by atoms with Crippen molar-refractivity contribution in [3.05, 3.63) is 66.7 Å². The highest BCUT2D eigenvalue weighted by molar-refractivity contribution is 6.76. The smallest absolute Gasteiger partial charge is 0.358 e. The molecule has 0 N–H and O–H groups in total. The standard InChI is InChI=1S/C25H30N4O4Si/c1-5-32-25(30)22-17-28-13-11-21(16-24(28)27-22)33-20-8-6-19(7-9-20)23-10-12-26-29(23)18-31-14-15-34(2,3)4/h6-13,16-17H,5,14-15,18H2,1-4H3. The number of rotatable bonds is 10. The second-order valence-electron chi connectivity index (χ2n) is 9.16. The molecule has 1 aromatic carbocycles. The van der Waals surface area contributed by atoms with E-state index >= 15 is 0 Å². The molecule has 178 valence electrons. The van der Waals surface area contributed by atoms with Gasteiger partial charge in [-0.3, -0.25) is 0 Å². The summed E-state index contributed by atoms with van der Waals surface area (Å²) >= 11 is 0. The van der Waals surface area contributed by atoms with Crippen molar-refractivity contribution in [3.8, 4) is 22.8 Å². The average molecular weight is 479 g/mol. The van der Waals surface area contributed by atoms with E-state index < -0.39 is 14.0 Å². The van der Waals surface area contributed by atoms with E-state index in [1.54, 1.807) is 36.0 Å². The highest BCUT2D eigenvalue weighted by atomic mass is 28.3. The molecule has 0 saturated heterocycles. The minimum atomic E-state index is -1.11. The molecule has 9 heteroatoms. The Labute approximate surface area is 200 Å². The number of hydrogen-bond acceptors (Lipinski definition) is 6. The highest BCUT2D eigenvalue weighted by Crippen LogP contribution is 2.26. The quantitative estimate of drug-likeness (QED) is 0.171. The summed E-state index contributed by atoms with van der Waals surface area (Å²) in [5.74, 6) is 0.884. The third-order valence-electron chi connectivity index (χ3n) is 5.23. The van der Waals surface area contributed by atoms with Crippen molar-refractivity contribution in [1.29, 1.82) is 0 Å². The molecule has 34 heavy (non-hydrogen) atoms. The van der Waals surface area contributed by atoms with Crippen LogP contribution < -0.4 is 4.74 Å². The van der Waals surface area contributed by atoms with Crippen molar-refractivity contribution in [3.63, 3.8) is 0 Å². The fourth-order valence-electron chi connectivity index (χ4n) is 3.37. The second-order valence-corrected chi connectivity index (χ2v) is 14.8. The van der Waals surface area contributed by atoms with E-state index in [1.165, 1.54) is 0 Å². The van der Waals surface area contributed by atoms with Gasteiger partial charge in [0, 0.05) is 44.9 Å². The predicted molar refractivity (Wildman–Crippen MR) is 133 cm³/mol. The van der Waals surface area contributed by atoms with Crippen LogP contribution in [0.5, 0.6) is 11.5 Å². The first kappa shape index (κ1) is 23.7. The lowest BCUT2D eigenvalue weighted by atomic mass is 10.1. The van der Waals surface area contributed by atoms with E-state index in [2.05, 4.69) is 29.7 Å². The molecule has 0 amide bonds. The van der Waals surface area contributed by atoms with Gasteiger partial charge in [-0.25, -0.2) is 14.5 Å². The van der Waals surface area contributed by atoms with Crippen LogP contribution in [0.3, 0.4) is 0 Å². The first-order valence-corrected chi connectivity index (χ1v) is 15.1. The lowest BCUT2D eigenvalue weighted by molar-refractivity contribution is 0.0520. The summed E-state index contributed by atoms with van der Waals surface area (Å²) in [6.45, 7) is 10.3. The molecule has 8 nitrogen and oxygen atoms in total. The zero-order valence-corrected chi connectivity index (χ0v) is 21.0. The van der Waals surface area contributed by atoms with Crippen LogP contribution in [0.15, 0.2) is 61.1 Å². The molecule has 0 aliphatic heterocycles. The van der Waals surface area contributed by atoms with Gasteiger partial charge >= 0.3 is 5.97 Å². The fourth-order valence-corrected chi connectivity index (χ4v) is 4.13. The number of ether oxygens (including phenoxy) is 3. The molecule has 0 unspecified atom stereocenters. The van der Waals surface area contributed by atoms with E-state index in [0.29, 0.717) is 30.5 Å². The molecular weight excluding hydrogens is 448 g/mol. The molecule has 0 bridgehead atoms. The minimum absolute atomic E-state index is 0.268. The molecule has 0 saturated carbocycles. The number of imidazole rings is 1. The molecule has 4 aromatic rings. The average Bonchev–Trinajstić information content (AvgIpc) is 3.44. The largest absolute Gasteiger partial charge is 0.461 e. The van der Waals surface area contributed by atoms with Gasteiger partial charge in [0.15, 0.2) is 5.69 Å². The monoisotopic (exact) mass is 478 g/mol. The van der Waals surface area contributed by atoms with E-state index in [0.717, 1.165) is 23.9 Å². The second kappa shape index (κ2) is 10.2. The van der Waals surface area contributed by atoms with Gasteiger partial charge < -0.3 is 18.6 Å². The number of esters is 1. The van der Waals surface area contributed by atoms with Gasteiger partial charge in [-0.2, -0.15) is 5.10 Å². The van der Waals surface area contributed by atoms with Gasteiger partial charge in [0.2, 0.25) is 0 Å². The lowest BCUT2D eigenvalue weighted by Gasteiger charge is -2.16. The van der Waals surface area contributed by atoms with Crippen LogP contribution in [0.25, 0.3) is 16.9 Å². The van der Waals surface area contributed by atoms with E-state index in [9.17, 15) is 4.79 Å². The Hall–Kier alpha value is -3.43. The lowest BCUT2D eigenvalue weighted by Crippen LogP contribution is -2.22. The summed E-state index contributed by atoms with van der Waals surface area (Å²) < 4.78 is 20.5. The maximum Gasteiger partial charge on any atom is 0.358 e. The number of carbonyl (C=O) groups excluding carboxylic acids is 1. The van der Waals surface area contributed by atoms with Crippen molar-refractivity contribution >= 4 is 19.7 Å². The predicted octanol–water partition coefficient (Wildman–Crippen LogP) is 5.48. The number of aromatic nitrogens is 4. The zero-order chi connectivity index (χ0) is 24.1. The SMILES string of the molecule is CCOC(=O)c1cn2ccc(Oc3ccc(-c4ccnn4COCC[Si](C)(C)C)cc3)cc2n1. The van der Waals surface area contributed by atoms with E-state index in [1.807, 2.05) is 41.1 Å². The number of hydrogen-bond donors (Lipinski definition) is 0. The van der Waals surface area contributed by atoms with Crippen LogP contribution in [-0.2, 0) is 16.2 Å². The summed E-state index contributed by atoms with van der Waals surface area (Å²) in [5.41, 5.74) is 2.89. The molecule has 0 fully saturated rings. The summed E-state index contributed by atoms with van der Waals surface area (Å²) in [7, 11) is -1.11. The summed E-state index contributed by atoms with van der Waals surface area (Å²) in [4.78, 5) is 16.2. The Morgan fingerprint density at radius 2 is 1.85 bits per heavy atom. The van der Waals surface area contributed by atoms with Crippen LogP contribution in [-0.4, -0.2) is 46.4 Å². The molecule has 3 heterocycles. The Balaban J connectivity index is 1.41. The topological polar surface area (TPSA) is 79.9 Å². The highest BCUT2D eigenvalue weighted by Gasteiger charge is 2.14. The minimum Gasteiger partial charge on any atom is -0.461 e. The normalized spacial score (nSPS) is 11.6. The molecule has 4 rings (SSSR count). The van der Waals surface area contributed by atoms with Crippen molar-refractivity contribution in [1.82, 2.24) is 19.2 Å². The summed E-state index contributed by atoms with van der Waals surface area (Å²) in [5, 5.41) is 4.40. The number of benzene rings is 1. The molecule has 0 aliphatic rings. The Kier molecular flexibility index (Phi) is 7.14. The van der Waals surface area contributed by atoms with Crippen LogP contribution in [0.1, 0.15) is 17.4 Å². The maximum atomic E-state index is 11.9. The van der Waals surface area contributed by atoms with Gasteiger partial charge in [0.25, 0.3) is 0 Å². The van der Waals surface area contributed by atoms with E-state index in [-0.39, 0.29) is 5.69 Å². The fraction of sp³-hybridized carbons (Fsp3) is 0.320. The van der Waals surface area contributed by atoms with Gasteiger partial charge in [-0.1, -0.05) is 19.6 Å². The van der Waals surface area contributed by atoms with Crippen molar-refractivity contribution < 1.29 is 19.0 Å². The molecule has 0 aliphatic carbocycles. The number of carbonyl (C=O) groups is 1. The van der Waals surface area contributed by atoms with Gasteiger partial charge in [-0.05, 0) is 49.4 Å². The Morgan fingerprint density at radius 3 is 2.59 bits per heavy atom. The van der Waals surface area contributed by atoms with Gasteiger partial charge in [-0.15, -0.1) is 0 Å². The Morgan fingerprint density at radius 1 is 1.06 bits per heavy atom. The first-order valence-electron chi connectivity index (χ1n) is 11.4. The molecule has 0 atom stereocenters. The molecule has 0 radical (unpaired) electrons.